The number of carbonyl (C=O) groups excluding carboxylic acids is 1. The number of thiophene rings is 1. The molecule has 1 amide bonds. The van der Waals surface area contributed by atoms with Crippen LogP contribution in [-0.4, -0.2) is 41.9 Å². The van der Waals surface area contributed by atoms with Gasteiger partial charge in [-0.3, -0.25) is 9.69 Å². The highest BCUT2D eigenvalue weighted by Crippen LogP contribution is 2.30. The molecule has 1 aliphatic heterocycles. The second-order valence-electron chi connectivity index (χ2n) is 7.14. The number of hydrogen-bond acceptors (Lipinski definition) is 4. The number of amides is 1. The van der Waals surface area contributed by atoms with E-state index in [2.05, 4.69) is 17.0 Å². The molecular weight excluding hydrogens is 342 g/mol. The Morgan fingerprint density at radius 1 is 1.08 bits per heavy atom. The maximum Gasteiger partial charge on any atom is 0.264 e. The average molecular weight is 366 g/mol. The molecule has 4 nitrogen and oxygen atoms in total. The van der Waals surface area contributed by atoms with Crippen LogP contribution in [0.5, 0.6) is 0 Å². The molecule has 5 heteroatoms. The van der Waals surface area contributed by atoms with Crippen molar-refractivity contribution in [3.63, 3.8) is 0 Å². The lowest BCUT2D eigenvalue weighted by Gasteiger charge is -2.34. The summed E-state index contributed by atoms with van der Waals surface area (Å²) in [6.45, 7) is 4.25. The molecule has 0 atom stereocenters. The first-order chi connectivity index (χ1) is 12.7. The van der Waals surface area contributed by atoms with Crippen molar-refractivity contribution in [3.05, 3.63) is 56.8 Å². The fourth-order valence-corrected chi connectivity index (χ4v) is 5.03. The summed E-state index contributed by atoms with van der Waals surface area (Å²) in [6, 6.07) is 12.1. The quantitative estimate of drug-likeness (QED) is 0.837. The van der Waals surface area contributed by atoms with Crippen LogP contribution in [-0.2, 0) is 19.4 Å². The van der Waals surface area contributed by atoms with Crippen molar-refractivity contribution in [3.8, 4) is 6.07 Å². The van der Waals surface area contributed by atoms with E-state index in [9.17, 15) is 4.79 Å². The fraction of sp³-hybridized carbons (Fsp3) is 0.429. The number of nitrogens with zero attached hydrogens (tertiary/aromatic N) is 3. The molecular formula is C21H23N3OS. The number of piperazine rings is 1. The number of nitriles is 1. The van der Waals surface area contributed by atoms with E-state index in [1.165, 1.54) is 28.8 Å². The first kappa shape index (κ1) is 17.3. The Balaban J connectivity index is 1.33. The van der Waals surface area contributed by atoms with Gasteiger partial charge in [0.25, 0.3) is 5.91 Å². The Hall–Kier alpha value is -2.16. The highest BCUT2D eigenvalue weighted by Gasteiger charge is 2.25. The predicted octanol–water partition coefficient (Wildman–Crippen LogP) is 3.46. The molecule has 1 saturated heterocycles. The van der Waals surface area contributed by atoms with Crippen LogP contribution >= 0.6 is 11.3 Å². The predicted molar refractivity (Wildman–Crippen MR) is 103 cm³/mol. The summed E-state index contributed by atoms with van der Waals surface area (Å²) in [5.41, 5.74) is 3.32. The lowest BCUT2D eigenvalue weighted by molar-refractivity contribution is 0.0633. The molecule has 26 heavy (non-hydrogen) atoms. The van der Waals surface area contributed by atoms with Crippen LogP contribution in [0.4, 0.5) is 0 Å². The van der Waals surface area contributed by atoms with E-state index < -0.39 is 0 Å². The summed E-state index contributed by atoms with van der Waals surface area (Å²) < 4.78 is 0. The first-order valence-corrected chi connectivity index (χ1v) is 10.2. The van der Waals surface area contributed by atoms with Crippen LogP contribution in [0.15, 0.2) is 30.3 Å². The van der Waals surface area contributed by atoms with Gasteiger partial charge in [-0.2, -0.15) is 5.26 Å². The van der Waals surface area contributed by atoms with Gasteiger partial charge in [0.05, 0.1) is 16.5 Å². The van der Waals surface area contributed by atoms with Gasteiger partial charge in [0.1, 0.15) is 0 Å². The molecule has 134 valence electrons. The maximum atomic E-state index is 12.8. The number of benzene rings is 1. The van der Waals surface area contributed by atoms with Crippen molar-refractivity contribution < 1.29 is 4.79 Å². The van der Waals surface area contributed by atoms with Crippen LogP contribution in [0.25, 0.3) is 0 Å². The first-order valence-electron chi connectivity index (χ1n) is 9.35. The van der Waals surface area contributed by atoms with Crippen LogP contribution in [0.1, 0.15) is 44.1 Å². The zero-order valence-electron chi connectivity index (χ0n) is 14.9. The van der Waals surface area contributed by atoms with E-state index in [-0.39, 0.29) is 5.91 Å². The Kier molecular flexibility index (Phi) is 5.05. The van der Waals surface area contributed by atoms with Crippen LogP contribution in [0.2, 0.25) is 0 Å². The van der Waals surface area contributed by atoms with Gasteiger partial charge >= 0.3 is 0 Å². The van der Waals surface area contributed by atoms with Crippen molar-refractivity contribution in [1.29, 1.82) is 5.26 Å². The Morgan fingerprint density at radius 2 is 1.81 bits per heavy atom. The van der Waals surface area contributed by atoms with Gasteiger partial charge in [-0.1, -0.05) is 12.1 Å². The van der Waals surface area contributed by atoms with Gasteiger partial charge in [0, 0.05) is 37.6 Å². The van der Waals surface area contributed by atoms with Crippen molar-refractivity contribution >= 4 is 17.2 Å². The summed E-state index contributed by atoms with van der Waals surface area (Å²) in [5.74, 6) is 0.211. The highest BCUT2D eigenvalue weighted by molar-refractivity contribution is 7.14. The lowest BCUT2D eigenvalue weighted by atomic mass is 9.99. The zero-order valence-corrected chi connectivity index (χ0v) is 15.7. The topological polar surface area (TPSA) is 47.3 Å². The number of aryl methyl sites for hydroxylation is 2. The van der Waals surface area contributed by atoms with Gasteiger partial charge in [-0.05, 0) is 55.0 Å². The van der Waals surface area contributed by atoms with Crippen LogP contribution in [0, 0.1) is 11.3 Å². The Labute approximate surface area is 158 Å². The normalized spacial score (nSPS) is 17.6. The molecule has 1 aliphatic carbocycles. The summed E-state index contributed by atoms with van der Waals surface area (Å²) in [4.78, 5) is 19.6. The van der Waals surface area contributed by atoms with Crippen molar-refractivity contribution in [1.82, 2.24) is 9.80 Å². The minimum atomic E-state index is 0.211. The standard InChI is InChI=1S/C21H23N3OS/c22-14-16-5-7-17(8-6-16)15-23-9-11-24(12-10-23)21(25)20-13-18-3-1-2-4-19(18)26-20/h5-8,13H,1-4,9-12,15H2. The number of fused-ring (bicyclic) bond motifs is 1. The SMILES string of the molecule is N#Cc1ccc(CN2CCN(C(=O)c3cc4c(s3)CCCC4)CC2)cc1. The molecule has 0 N–H and O–H groups in total. The van der Waals surface area contributed by atoms with Crippen molar-refractivity contribution in [2.75, 3.05) is 26.2 Å². The second-order valence-corrected chi connectivity index (χ2v) is 8.28. The number of hydrogen-bond donors (Lipinski definition) is 0. The van der Waals surface area contributed by atoms with Gasteiger partial charge in [0.2, 0.25) is 0 Å². The molecule has 1 fully saturated rings. The Bertz CT molecular complexity index is 802. The van der Waals surface area contributed by atoms with Crippen molar-refractivity contribution in [2.45, 2.75) is 32.2 Å². The molecule has 1 aromatic carbocycles. The molecule has 2 aliphatic rings. The Morgan fingerprint density at radius 3 is 2.50 bits per heavy atom. The van der Waals surface area contributed by atoms with Gasteiger partial charge < -0.3 is 4.90 Å². The largest absolute Gasteiger partial charge is 0.335 e. The molecule has 0 saturated carbocycles. The molecule has 0 radical (unpaired) electrons. The van der Waals surface area contributed by atoms with Gasteiger partial charge in [0.15, 0.2) is 0 Å². The molecule has 1 aromatic heterocycles. The average Bonchev–Trinajstić information content (AvgIpc) is 3.13. The van der Waals surface area contributed by atoms with E-state index in [0.29, 0.717) is 5.56 Å². The van der Waals surface area contributed by atoms with Crippen molar-refractivity contribution in [2.24, 2.45) is 0 Å². The highest BCUT2D eigenvalue weighted by atomic mass is 32.1. The van der Waals surface area contributed by atoms with E-state index in [1.54, 1.807) is 11.3 Å². The summed E-state index contributed by atoms with van der Waals surface area (Å²) in [7, 11) is 0. The van der Waals surface area contributed by atoms with Gasteiger partial charge in [-0.25, -0.2) is 0 Å². The number of carbonyl (C=O) groups is 1. The molecule has 0 bridgehead atoms. The van der Waals surface area contributed by atoms with Crippen LogP contribution < -0.4 is 0 Å². The zero-order chi connectivity index (χ0) is 17.9. The second kappa shape index (κ2) is 7.61. The number of rotatable bonds is 3. The lowest BCUT2D eigenvalue weighted by Crippen LogP contribution is -2.48. The summed E-state index contributed by atoms with van der Waals surface area (Å²) >= 11 is 1.71. The van der Waals surface area contributed by atoms with E-state index in [0.717, 1.165) is 50.4 Å². The molecule has 2 heterocycles. The van der Waals surface area contributed by atoms with Gasteiger partial charge in [-0.15, -0.1) is 11.3 Å². The third kappa shape index (κ3) is 3.67. The third-order valence-corrected chi connectivity index (χ3v) is 6.58. The third-order valence-electron chi connectivity index (χ3n) is 5.36. The van der Waals surface area contributed by atoms with E-state index >= 15 is 0 Å². The minimum Gasteiger partial charge on any atom is -0.335 e. The minimum absolute atomic E-state index is 0.211. The fourth-order valence-electron chi connectivity index (χ4n) is 3.80. The molecule has 4 rings (SSSR count). The molecule has 2 aromatic rings. The maximum absolute atomic E-state index is 12.8. The van der Waals surface area contributed by atoms with E-state index in [1.807, 2.05) is 29.2 Å². The van der Waals surface area contributed by atoms with Crippen LogP contribution in [0.3, 0.4) is 0 Å². The summed E-state index contributed by atoms with van der Waals surface area (Å²) in [5, 5.41) is 8.88. The molecule has 0 unspecified atom stereocenters. The van der Waals surface area contributed by atoms with E-state index in [4.69, 9.17) is 5.26 Å². The monoisotopic (exact) mass is 365 g/mol. The molecule has 0 spiro atoms. The smallest absolute Gasteiger partial charge is 0.264 e. The summed E-state index contributed by atoms with van der Waals surface area (Å²) in [6.07, 6.45) is 4.80.